The zero-order valence-corrected chi connectivity index (χ0v) is 13.4. The molecule has 0 bridgehead atoms. The maximum Gasteiger partial charge on any atom is 0.298 e. The lowest BCUT2D eigenvalue weighted by Crippen LogP contribution is -2.41. The molecular formula is C18H20N4O2. The number of fused-ring (bicyclic) bond motifs is 1. The van der Waals surface area contributed by atoms with E-state index in [1.807, 2.05) is 53.4 Å². The third-order valence-corrected chi connectivity index (χ3v) is 4.43. The topological polar surface area (TPSA) is 63.3 Å². The molecule has 0 radical (unpaired) electrons. The second kappa shape index (κ2) is 6.39. The number of para-hydroxylation sites is 2. The van der Waals surface area contributed by atoms with E-state index in [-0.39, 0.29) is 11.9 Å². The third kappa shape index (κ3) is 2.99. The van der Waals surface area contributed by atoms with E-state index in [1.54, 1.807) is 0 Å². The molecule has 1 N–H and O–H groups in total. The molecule has 124 valence electrons. The van der Waals surface area contributed by atoms with Crippen molar-refractivity contribution in [3.05, 3.63) is 48.8 Å². The maximum absolute atomic E-state index is 12.1. The molecule has 4 rings (SSSR count). The largest absolute Gasteiger partial charge is 0.423 e. The second-order valence-electron chi connectivity index (χ2n) is 6.11. The van der Waals surface area contributed by atoms with Crippen molar-refractivity contribution >= 4 is 23.0 Å². The van der Waals surface area contributed by atoms with Crippen molar-refractivity contribution < 1.29 is 9.21 Å². The number of hydrogen-bond acceptors (Lipinski definition) is 4. The van der Waals surface area contributed by atoms with Crippen molar-refractivity contribution in [3.8, 4) is 0 Å². The van der Waals surface area contributed by atoms with Gasteiger partial charge < -0.3 is 19.2 Å². The molecular weight excluding hydrogens is 304 g/mol. The molecule has 0 unspecified atom stereocenters. The smallest absolute Gasteiger partial charge is 0.298 e. The van der Waals surface area contributed by atoms with Crippen LogP contribution in [0.3, 0.4) is 0 Å². The Hall–Kier alpha value is -2.76. The Morgan fingerprint density at radius 3 is 2.92 bits per heavy atom. The van der Waals surface area contributed by atoms with E-state index in [0.29, 0.717) is 19.1 Å². The number of carbonyl (C=O) groups excluding carboxylic acids is 1. The van der Waals surface area contributed by atoms with Crippen LogP contribution in [0.25, 0.3) is 11.1 Å². The molecule has 2 aromatic heterocycles. The standard InChI is InChI=1S/C18H20N4O2/c23-17(13-21-9-3-4-10-21)19-12-14-6-5-11-22(14)18-20-15-7-1-2-8-16(15)24-18/h1-4,7-10,14H,5-6,11-13H2,(H,19,23)/t14-/m0/s1. The summed E-state index contributed by atoms with van der Waals surface area (Å²) in [5.74, 6) is 0.0237. The zero-order chi connectivity index (χ0) is 16.4. The highest BCUT2D eigenvalue weighted by Gasteiger charge is 2.28. The summed E-state index contributed by atoms with van der Waals surface area (Å²) >= 11 is 0. The molecule has 0 aliphatic carbocycles. The Morgan fingerprint density at radius 2 is 2.08 bits per heavy atom. The molecule has 1 atom stereocenters. The van der Waals surface area contributed by atoms with Crippen LogP contribution in [0, 0.1) is 0 Å². The first-order chi connectivity index (χ1) is 11.8. The summed E-state index contributed by atoms with van der Waals surface area (Å²) in [6.07, 6.45) is 5.89. The zero-order valence-electron chi connectivity index (χ0n) is 13.4. The van der Waals surface area contributed by atoms with Gasteiger partial charge in [-0.25, -0.2) is 0 Å². The molecule has 3 aromatic rings. The predicted octanol–water partition coefficient (Wildman–Crippen LogP) is 2.41. The molecule has 6 heteroatoms. The van der Waals surface area contributed by atoms with Crippen molar-refractivity contribution in [1.82, 2.24) is 14.9 Å². The number of nitrogens with zero attached hydrogens (tertiary/aromatic N) is 3. The number of benzene rings is 1. The maximum atomic E-state index is 12.1. The first-order valence-corrected chi connectivity index (χ1v) is 8.29. The van der Waals surface area contributed by atoms with Crippen molar-refractivity contribution in [2.24, 2.45) is 0 Å². The van der Waals surface area contributed by atoms with Gasteiger partial charge in [0.15, 0.2) is 5.58 Å². The minimum Gasteiger partial charge on any atom is -0.423 e. The van der Waals surface area contributed by atoms with E-state index < -0.39 is 0 Å². The van der Waals surface area contributed by atoms with Crippen molar-refractivity contribution in [2.75, 3.05) is 18.0 Å². The minimum absolute atomic E-state index is 0.0237. The summed E-state index contributed by atoms with van der Waals surface area (Å²) in [6.45, 7) is 1.87. The highest BCUT2D eigenvalue weighted by molar-refractivity contribution is 5.76. The van der Waals surface area contributed by atoms with Gasteiger partial charge in [0.25, 0.3) is 6.01 Å². The monoisotopic (exact) mass is 324 g/mol. The van der Waals surface area contributed by atoms with Crippen LogP contribution in [0.1, 0.15) is 12.8 Å². The Bertz CT molecular complexity index is 792. The van der Waals surface area contributed by atoms with Gasteiger partial charge in [0.05, 0.1) is 6.04 Å². The lowest BCUT2D eigenvalue weighted by molar-refractivity contribution is -0.121. The normalized spacial score (nSPS) is 17.5. The van der Waals surface area contributed by atoms with Crippen LogP contribution < -0.4 is 10.2 Å². The number of nitrogens with one attached hydrogen (secondary N) is 1. The van der Waals surface area contributed by atoms with Crippen LogP contribution in [-0.4, -0.2) is 34.6 Å². The van der Waals surface area contributed by atoms with Crippen LogP contribution in [0.15, 0.2) is 53.2 Å². The summed E-state index contributed by atoms with van der Waals surface area (Å²) in [7, 11) is 0. The Morgan fingerprint density at radius 1 is 1.25 bits per heavy atom. The van der Waals surface area contributed by atoms with Crippen LogP contribution in [0.4, 0.5) is 6.01 Å². The second-order valence-corrected chi connectivity index (χ2v) is 6.11. The third-order valence-electron chi connectivity index (χ3n) is 4.43. The molecule has 1 fully saturated rings. The van der Waals surface area contributed by atoms with Crippen molar-refractivity contribution in [3.63, 3.8) is 0 Å². The molecule has 3 heterocycles. The number of carbonyl (C=O) groups is 1. The molecule has 1 aliphatic heterocycles. The fraction of sp³-hybridized carbons (Fsp3) is 0.333. The summed E-state index contributed by atoms with van der Waals surface area (Å²) < 4.78 is 7.74. The van der Waals surface area contributed by atoms with E-state index in [1.165, 1.54) is 0 Å². The molecule has 1 saturated heterocycles. The minimum atomic E-state index is 0.0237. The Kier molecular flexibility index (Phi) is 3.94. The Balaban J connectivity index is 1.40. The lowest BCUT2D eigenvalue weighted by Gasteiger charge is -2.23. The molecule has 1 aromatic carbocycles. The first kappa shape index (κ1) is 14.8. The van der Waals surface area contributed by atoms with Gasteiger partial charge >= 0.3 is 0 Å². The number of hydrogen-bond donors (Lipinski definition) is 1. The fourth-order valence-electron chi connectivity index (χ4n) is 3.21. The van der Waals surface area contributed by atoms with Crippen LogP contribution in [-0.2, 0) is 11.3 Å². The van der Waals surface area contributed by atoms with E-state index in [9.17, 15) is 4.79 Å². The average Bonchev–Trinajstić information content (AvgIpc) is 3.32. The summed E-state index contributed by atoms with van der Waals surface area (Å²) in [6, 6.07) is 12.5. The van der Waals surface area contributed by atoms with E-state index in [2.05, 4.69) is 15.2 Å². The lowest BCUT2D eigenvalue weighted by atomic mass is 10.2. The van der Waals surface area contributed by atoms with Crippen molar-refractivity contribution in [1.29, 1.82) is 0 Å². The highest BCUT2D eigenvalue weighted by Crippen LogP contribution is 2.27. The van der Waals surface area contributed by atoms with Gasteiger partial charge in [0.2, 0.25) is 5.91 Å². The number of amides is 1. The molecule has 1 aliphatic rings. The molecule has 0 spiro atoms. The fourth-order valence-corrected chi connectivity index (χ4v) is 3.21. The van der Waals surface area contributed by atoms with Crippen LogP contribution in [0.2, 0.25) is 0 Å². The van der Waals surface area contributed by atoms with Crippen LogP contribution in [0.5, 0.6) is 0 Å². The SMILES string of the molecule is O=C(Cn1cccc1)NC[C@@H]1CCCN1c1nc2ccccc2o1. The summed E-state index contributed by atoms with van der Waals surface area (Å²) in [5, 5.41) is 3.03. The van der Waals surface area contributed by atoms with Gasteiger partial charge in [-0.05, 0) is 37.1 Å². The highest BCUT2D eigenvalue weighted by atomic mass is 16.4. The number of oxazole rings is 1. The Labute approximate surface area is 140 Å². The number of aromatic nitrogens is 2. The van der Waals surface area contributed by atoms with E-state index in [0.717, 1.165) is 30.5 Å². The summed E-state index contributed by atoms with van der Waals surface area (Å²) in [5.41, 5.74) is 1.67. The van der Waals surface area contributed by atoms with Crippen molar-refractivity contribution in [2.45, 2.75) is 25.4 Å². The average molecular weight is 324 g/mol. The number of rotatable bonds is 5. The van der Waals surface area contributed by atoms with Gasteiger partial charge in [-0.1, -0.05) is 12.1 Å². The van der Waals surface area contributed by atoms with Gasteiger partial charge in [0.1, 0.15) is 12.1 Å². The molecule has 24 heavy (non-hydrogen) atoms. The van der Waals surface area contributed by atoms with Gasteiger partial charge in [0, 0.05) is 25.5 Å². The predicted molar refractivity (Wildman–Crippen MR) is 91.8 cm³/mol. The summed E-state index contributed by atoms with van der Waals surface area (Å²) in [4.78, 5) is 18.8. The van der Waals surface area contributed by atoms with Gasteiger partial charge in [-0.3, -0.25) is 4.79 Å². The molecule has 0 saturated carbocycles. The first-order valence-electron chi connectivity index (χ1n) is 8.29. The van der Waals surface area contributed by atoms with E-state index in [4.69, 9.17) is 4.42 Å². The quantitative estimate of drug-likeness (QED) is 0.783. The van der Waals surface area contributed by atoms with E-state index >= 15 is 0 Å². The van der Waals surface area contributed by atoms with Gasteiger partial charge in [-0.2, -0.15) is 4.98 Å². The van der Waals surface area contributed by atoms with Gasteiger partial charge in [-0.15, -0.1) is 0 Å². The molecule has 1 amide bonds. The molecule has 6 nitrogen and oxygen atoms in total. The van der Waals surface area contributed by atoms with Crippen LogP contribution >= 0.6 is 0 Å². The number of anilines is 1.